The molecule has 0 saturated carbocycles. The number of benzene rings is 1. The van der Waals surface area contributed by atoms with E-state index in [1.54, 1.807) is 12.1 Å². The lowest BCUT2D eigenvalue weighted by molar-refractivity contribution is 0.169. The monoisotopic (exact) mass is 343 g/mol. The standard InChI is InChI=1S/C14H12BrF2NO2/c1-2-12(19)11-4-3-9(7-18-11)20-13-6-8(15)5-10(16)14(13)17/h3-7,12,19H,2H2,1H3/t12-/m1/s1. The van der Waals surface area contributed by atoms with E-state index in [2.05, 4.69) is 20.9 Å². The Morgan fingerprint density at radius 1 is 1.35 bits per heavy atom. The molecule has 1 aromatic heterocycles. The molecular formula is C14H12BrF2NO2. The average molecular weight is 344 g/mol. The number of nitrogens with zero attached hydrogens (tertiary/aromatic N) is 1. The van der Waals surface area contributed by atoms with Gasteiger partial charge in [0.15, 0.2) is 11.6 Å². The zero-order valence-electron chi connectivity index (χ0n) is 10.6. The number of ether oxygens (including phenoxy) is 1. The molecule has 0 fully saturated rings. The Balaban J connectivity index is 2.22. The van der Waals surface area contributed by atoms with Crippen molar-refractivity contribution in [2.24, 2.45) is 0 Å². The first-order chi connectivity index (χ1) is 9.51. The van der Waals surface area contributed by atoms with Gasteiger partial charge < -0.3 is 9.84 Å². The molecule has 1 atom stereocenters. The summed E-state index contributed by atoms with van der Waals surface area (Å²) in [6.45, 7) is 1.83. The van der Waals surface area contributed by atoms with Crippen molar-refractivity contribution in [3.63, 3.8) is 0 Å². The maximum Gasteiger partial charge on any atom is 0.201 e. The van der Waals surface area contributed by atoms with Crippen molar-refractivity contribution in [1.29, 1.82) is 0 Å². The predicted octanol–water partition coefficient (Wildman–Crippen LogP) is 4.36. The van der Waals surface area contributed by atoms with E-state index in [0.29, 0.717) is 16.6 Å². The van der Waals surface area contributed by atoms with Gasteiger partial charge in [0.25, 0.3) is 0 Å². The second kappa shape index (κ2) is 6.28. The molecule has 0 aliphatic rings. The molecule has 0 saturated heterocycles. The van der Waals surface area contributed by atoms with Gasteiger partial charge in [0.2, 0.25) is 5.82 Å². The number of hydrogen-bond acceptors (Lipinski definition) is 3. The summed E-state index contributed by atoms with van der Waals surface area (Å²) in [5.41, 5.74) is 0.501. The second-order valence-corrected chi connectivity index (χ2v) is 5.06. The average Bonchev–Trinajstić information content (AvgIpc) is 2.44. The molecule has 0 amide bonds. The summed E-state index contributed by atoms with van der Waals surface area (Å²) in [4.78, 5) is 4.02. The Bertz CT molecular complexity index is 605. The molecule has 0 bridgehead atoms. The fourth-order valence-corrected chi connectivity index (χ4v) is 2.00. The first kappa shape index (κ1) is 14.9. The van der Waals surface area contributed by atoms with E-state index in [0.717, 1.165) is 6.07 Å². The quantitative estimate of drug-likeness (QED) is 0.838. The molecule has 0 radical (unpaired) electrons. The summed E-state index contributed by atoms with van der Waals surface area (Å²) in [6.07, 6.45) is 1.25. The van der Waals surface area contributed by atoms with Crippen LogP contribution in [0.4, 0.5) is 8.78 Å². The second-order valence-electron chi connectivity index (χ2n) is 4.14. The van der Waals surface area contributed by atoms with Crippen LogP contribution >= 0.6 is 15.9 Å². The molecule has 1 N–H and O–H groups in total. The molecule has 1 heterocycles. The van der Waals surface area contributed by atoms with Crippen LogP contribution in [0.2, 0.25) is 0 Å². The van der Waals surface area contributed by atoms with Gasteiger partial charge in [0, 0.05) is 4.47 Å². The first-order valence-electron chi connectivity index (χ1n) is 5.97. The maximum atomic E-state index is 13.5. The van der Waals surface area contributed by atoms with Gasteiger partial charge in [-0.05, 0) is 30.7 Å². The van der Waals surface area contributed by atoms with Gasteiger partial charge in [-0.15, -0.1) is 0 Å². The Morgan fingerprint density at radius 3 is 2.70 bits per heavy atom. The molecule has 2 rings (SSSR count). The number of halogens is 3. The molecular weight excluding hydrogens is 332 g/mol. The minimum atomic E-state index is -1.06. The van der Waals surface area contributed by atoms with Gasteiger partial charge in [0.05, 0.1) is 18.0 Å². The van der Waals surface area contributed by atoms with Crippen LogP contribution in [0.5, 0.6) is 11.5 Å². The largest absolute Gasteiger partial charge is 0.453 e. The molecule has 1 aromatic carbocycles. The van der Waals surface area contributed by atoms with Crippen LogP contribution in [0.15, 0.2) is 34.9 Å². The van der Waals surface area contributed by atoms with Gasteiger partial charge in [-0.1, -0.05) is 22.9 Å². The molecule has 0 unspecified atom stereocenters. The van der Waals surface area contributed by atoms with E-state index >= 15 is 0 Å². The van der Waals surface area contributed by atoms with E-state index < -0.39 is 17.7 Å². The summed E-state index contributed by atoms with van der Waals surface area (Å²) in [5.74, 6) is -2.04. The smallest absolute Gasteiger partial charge is 0.201 e. The highest BCUT2D eigenvalue weighted by atomic mass is 79.9. The zero-order chi connectivity index (χ0) is 14.7. The number of aliphatic hydroxyl groups excluding tert-OH is 1. The summed E-state index contributed by atoms with van der Waals surface area (Å²) in [7, 11) is 0. The number of aliphatic hydroxyl groups is 1. The topological polar surface area (TPSA) is 42.4 Å². The van der Waals surface area contributed by atoms with E-state index in [4.69, 9.17) is 4.74 Å². The number of hydrogen-bond donors (Lipinski definition) is 1. The molecule has 0 spiro atoms. The normalized spacial score (nSPS) is 12.2. The molecule has 6 heteroatoms. The minimum Gasteiger partial charge on any atom is -0.453 e. The first-order valence-corrected chi connectivity index (χ1v) is 6.77. The lowest BCUT2D eigenvalue weighted by atomic mass is 10.2. The minimum absolute atomic E-state index is 0.234. The third-order valence-electron chi connectivity index (χ3n) is 2.67. The highest BCUT2D eigenvalue weighted by Gasteiger charge is 2.13. The Labute approximate surface area is 123 Å². The van der Waals surface area contributed by atoms with Crippen LogP contribution in [-0.2, 0) is 0 Å². The van der Waals surface area contributed by atoms with Gasteiger partial charge in [-0.2, -0.15) is 4.39 Å². The SMILES string of the molecule is CC[C@@H](O)c1ccc(Oc2cc(Br)cc(F)c2F)cn1. The van der Waals surface area contributed by atoms with E-state index in [-0.39, 0.29) is 11.5 Å². The number of aromatic nitrogens is 1. The van der Waals surface area contributed by atoms with Crippen LogP contribution in [0.1, 0.15) is 25.1 Å². The molecule has 20 heavy (non-hydrogen) atoms. The van der Waals surface area contributed by atoms with Gasteiger partial charge in [-0.3, -0.25) is 4.98 Å². The Hall–Kier alpha value is -1.53. The molecule has 0 aliphatic heterocycles. The maximum absolute atomic E-state index is 13.5. The van der Waals surface area contributed by atoms with Crippen molar-refractivity contribution >= 4 is 15.9 Å². The highest BCUT2D eigenvalue weighted by Crippen LogP contribution is 2.29. The van der Waals surface area contributed by atoms with Crippen molar-refractivity contribution in [3.05, 3.63) is 52.3 Å². The molecule has 2 aromatic rings. The van der Waals surface area contributed by atoms with Crippen LogP contribution < -0.4 is 4.74 Å². The lowest BCUT2D eigenvalue weighted by Gasteiger charge is -2.10. The van der Waals surface area contributed by atoms with Gasteiger partial charge >= 0.3 is 0 Å². The summed E-state index contributed by atoms with van der Waals surface area (Å²) in [5, 5.41) is 9.61. The van der Waals surface area contributed by atoms with Crippen LogP contribution in [0.25, 0.3) is 0 Å². The van der Waals surface area contributed by atoms with Crippen molar-refractivity contribution in [2.75, 3.05) is 0 Å². The molecule has 3 nitrogen and oxygen atoms in total. The zero-order valence-corrected chi connectivity index (χ0v) is 12.2. The summed E-state index contributed by atoms with van der Waals surface area (Å²) < 4.78 is 32.4. The third kappa shape index (κ3) is 3.32. The highest BCUT2D eigenvalue weighted by molar-refractivity contribution is 9.10. The number of pyridine rings is 1. The fourth-order valence-electron chi connectivity index (χ4n) is 1.59. The van der Waals surface area contributed by atoms with Gasteiger partial charge in [0.1, 0.15) is 5.75 Å². The lowest BCUT2D eigenvalue weighted by Crippen LogP contribution is -1.99. The van der Waals surface area contributed by atoms with E-state index in [9.17, 15) is 13.9 Å². The van der Waals surface area contributed by atoms with Crippen molar-refractivity contribution in [1.82, 2.24) is 4.98 Å². The molecule has 106 valence electrons. The van der Waals surface area contributed by atoms with E-state index in [1.807, 2.05) is 6.92 Å². The third-order valence-corrected chi connectivity index (χ3v) is 3.13. The predicted molar refractivity (Wildman–Crippen MR) is 73.6 cm³/mol. The van der Waals surface area contributed by atoms with Gasteiger partial charge in [-0.25, -0.2) is 4.39 Å². The molecule has 0 aliphatic carbocycles. The van der Waals surface area contributed by atoms with Crippen molar-refractivity contribution in [3.8, 4) is 11.5 Å². The fraction of sp³-hybridized carbons (Fsp3) is 0.214. The van der Waals surface area contributed by atoms with Crippen molar-refractivity contribution < 1.29 is 18.6 Å². The summed E-state index contributed by atoms with van der Waals surface area (Å²) in [6, 6.07) is 5.46. The van der Waals surface area contributed by atoms with Crippen LogP contribution in [0, 0.1) is 11.6 Å². The van der Waals surface area contributed by atoms with Crippen LogP contribution in [0.3, 0.4) is 0 Å². The Morgan fingerprint density at radius 2 is 2.10 bits per heavy atom. The van der Waals surface area contributed by atoms with E-state index in [1.165, 1.54) is 12.3 Å². The summed E-state index contributed by atoms with van der Waals surface area (Å²) >= 11 is 3.07. The van der Waals surface area contributed by atoms with Crippen molar-refractivity contribution in [2.45, 2.75) is 19.4 Å². The number of rotatable bonds is 4. The Kier molecular flexibility index (Phi) is 4.67. The van der Waals surface area contributed by atoms with Crippen LogP contribution in [-0.4, -0.2) is 10.1 Å².